The summed E-state index contributed by atoms with van der Waals surface area (Å²) in [4.78, 5) is 27.2. The molecule has 5 aliphatic rings. The summed E-state index contributed by atoms with van der Waals surface area (Å²) in [7, 11) is 0. The number of carbonyl (C=O) groups excluding carboxylic acids is 2. The van der Waals surface area contributed by atoms with Crippen molar-refractivity contribution < 1.29 is 14.3 Å². The minimum Gasteiger partial charge on any atom is -0.462 e. The first-order valence-electron chi connectivity index (χ1n) is 13.4. The normalized spacial score (nSPS) is 43.7. The number of Topliss-reactive ketones (excluding diaryl/α,β-unsaturated/α-hetero) is 1. The van der Waals surface area contributed by atoms with E-state index in [1.807, 2.05) is 0 Å². The summed E-state index contributed by atoms with van der Waals surface area (Å²) in [5.41, 5.74) is 1.61. The third-order valence-electron chi connectivity index (χ3n) is 10.7. The van der Waals surface area contributed by atoms with Crippen LogP contribution in [0.2, 0.25) is 0 Å². The van der Waals surface area contributed by atoms with Gasteiger partial charge in [0.1, 0.15) is 6.10 Å². The fourth-order valence-electron chi connectivity index (χ4n) is 8.94. The first-order valence-corrected chi connectivity index (χ1v) is 13.4. The van der Waals surface area contributed by atoms with E-state index in [1.165, 1.54) is 44.9 Å². The van der Waals surface area contributed by atoms with E-state index in [0.29, 0.717) is 29.5 Å². The van der Waals surface area contributed by atoms with Crippen molar-refractivity contribution >= 4 is 11.8 Å². The van der Waals surface area contributed by atoms with Gasteiger partial charge in [0.2, 0.25) is 0 Å². The van der Waals surface area contributed by atoms with Crippen molar-refractivity contribution in [2.45, 2.75) is 97.5 Å². The maximum atomic E-state index is 12.5. The van der Waals surface area contributed by atoms with Crippen molar-refractivity contribution in [1.29, 1.82) is 0 Å². The number of hydrogen-bond acceptors (Lipinski definition) is 4. The van der Waals surface area contributed by atoms with E-state index < -0.39 is 0 Å². The van der Waals surface area contributed by atoms with Crippen LogP contribution in [0.5, 0.6) is 0 Å². The highest BCUT2D eigenvalue weighted by molar-refractivity contribution is 5.95. The third kappa shape index (κ3) is 3.79. The van der Waals surface area contributed by atoms with Crippen LogP contribution in [0.15, 0.2) is 11.6 Å². The molecule has 0 aromatic heterocycles. The third-order valence-corrected chi connectivity index (χ3v) is 10.7. The summed E-state index contributed by atoms with van der Waals surface area (Å²) in [6.45, 7) is 9.84. The van der Waals surface area contributed by atoms with Crippen LogP contribution in [0, 0.1) is 34.5 Å². The van der Waals surface area contributed by atoms with Crippen molar-refractivity contribution in [3.05, 3.63) is 11.6 Å². The van der Waals surface area contributed by atoms with Gasteiger partial charge in [-0.3, -0.25) is 9.59 Å². The smallest absolute Gasteiger partial charge is 0.307 e. The van der Waals surface area contributed by atoms with Gasteiger partial charge < -0.3 is 9.64 Å². The fourth-order valence-corrected chi connectivity index (χ4v) is 8.94. The number of hydrogen-bond donors (Lipinski definition) is 0. The van der Waals surface area contributed by atoms with Gasteiger partial charge >= 0.3 is 5.97 Å². The van der Waals surface area contributed by atoms with E-state index in [2.05, 4.69) is 24.8 Å². The molecule has 1 heterocycles. The van der Waals surface area contributed by atoms with E-state index in [-0.39, 0.29) is 17.5 Å². The molecule has 3 saturated carbocycles. The molecule has 1 saturated heterocycles. The Morgan fingerprint density at radius 1 is 1.06 bits per heavy atom. The van der Waals surface area contributed by atoms with Crippen LogP contribution in [0.3, 0.4) is 0 Å². The molecule has 5 rings (SSSR count). The highest BCUT2D eigenvalue weighted by Crippen LogP contribution is 2.66. The Kier molecular flexibility index (Phi) is 6.05. The van der Waals surface area contributed by atoms with Gasteiger partial charge in [0.15, 0.2) is 5.78 Å². The molecule has 0 aromatic rings. The second-order valence-electron chi connectivity index (χ2n) is 12.2. The summed E-state index contributed by atoms with van der Waals surface area (Å²) < 4.78 is 6.00. The lowest BCUT2D eigenvalue weighted by molar-refractivity contribution is -0.161. The summed E-state index contributed by atoms with van der Waals surface area (Å²) in [6.07, 6.45) is 14.9. The zero-order chi connectivity index (χ0) is 22.5. The second kappa shape index (κ2) is 8.56. The number of rotatable bonds is 5. The Hall–Kier alpha value is -1.16. The lowest BCUT2D eigenvalue weighted by Gasteiger charge is -2.60. The average Bonchev–Trinajstić information content (AvgIpc) is 3.39. The molecule has 0 amide bonds. The first-order chi connectivity index (χ1) is 15.3. The number of ketones is 1. The zero-order valence-corrected chi connectivity index (χ0v) is 20.5. The minimum atomic E-state index is 0.0152. The lowest BCUT2D eigenvalue weighted by Crippen LogP contribution is -2.54. The van der Waals surface area contributed by atoms with Gasteiger partial charge in [0, 0.05) is 6.54 Å². The maximum absolute atomic E-state index is 12.5. The van der Waals surface area contributed by atoms with Gasteiger partial charge in [0.25, 0.3) is 0 Å². The van der Waals surface area contributed by atoms with Gasteiger partial charge in [0.05, 0.1) is 6.42 Å². The van der Waals surface area contributed by atoms with Gasteiger partial charge in [-0.15, -0.1) is 0 Å². The Morgan fingerprint density at radius 3 is 2.59 bits per heavy atom. The molecule has 4 nitrogen and oxygen atoms in total. The Labute approximate surface area is 194 Å². The lowest BCUT2D eigenvalue weighted by atomic mass is 9.44. The number of allylic oxidation sites excluding steroid dienone is 2. The van der Waals surface area contributed by atoms with Gasteiger partial charge in [-0.25, -0.2) is 0 Å². The molecule has 0 aromatic carbocycles. The number of likely N-dealkylation sites (tertiary alicyclic amines) is 1. The minimum absolute atomic E-state index is 0.0152. The van der Waals surface area contributed by atoms with Crippen molar-refractivity contribution in [2.75, 3.05) is 19.6 Å². The highest BCUT2D eigenvalue weighted by Gasteiger charge is 2.59. The monoisotopic (exact) mass is 441 g/mol. The largest absolute Gasteiger partial charge is 0.462 e. The van der Waals surface area contributed by atoms with Crippen LogP contribution >= 0.6 is 0 Å². The first kappa shape index (κ1) is 22.6. The fraction of sp³-hybridized carbons (Fsp3) is 0.857. The number of nitrogens with zero attached hydrogens (tertiary/aromatic N) is 1. The van der Waals surface area contributed by atoms with Gasteiger partial charge in [-0.05, 0) is 124 Å². The van der Waals surface area contributed by atoms with Crippen LogP contribution in [-0.4, -0.2) is 42.4 Å². The number of ether oxygens (including phenoxy) is 1. The molecule has 4 aliphatic carbocycles. The van der Waals surface area contributed by atoms with Crippen molar-refractivity contribution in [1.82, 2.24) is 4.90 Å². The zero-order valence-electron chi connectivity index (χ0n) is 20.5. The number of esters is 1. The van der Waals surface area contributed by atoms with E-state index in [1.54, 1.807) is 6.92 Å². The molecule has 178 valence electrons. The molecule has 0 spiro atoms. The molecule has 0 bridgehead atoms. The van der Waals surface area contributed by atoms with E-state index >= 15 is 0 Å². The quantitative estimate of drug-likeness (QED) is 0.525. The van der Waals surface area contributed by atoms with E-state index in [4.69, 9.17) is 4.74 Å². The standard InChI is InChI=1S/C28H43NO3/c1-19(30)23-8-9-24-22-7-6-20-18-21(32-26(31)12-17-29-15-4-5-16-29)10-13-27(20,2)25(22)11-14-28(23,24)3/h8,20-22,24-25H,4-7,9-18H2,1-3H3/t20-,21-,22-,24+,25+,27-,28+/m0/s1. The molecule has 1 aliphatic heterocycles. The second-order valence-corrected chi connectivity index (χ2v) is 12.2. The number of carbonyl (C=O) groups is 2. The SMILES string of the molecule is CC(=O)C1=CC[C@@H]2[C@@H]3CC[C@H]4C[C@@H](OC(=O)CCN5CCCC5)CC[C@]4(C)[C@@H]3CC[C@]12C. The van der Waals surface area contributed by atoms with Crippen LogP contribution < -0.4 is 0 Å². The van der Waals surface area contributed by atoms with E-state index in [9.17, 15) is 9.59 Å². The molecule has 4 heteroatoms. The molecule has 4 fully saturated rings. The molecule has 7 atom stereocenters. The Morgan fingerprint density at radius 2 is 1.84 bits per heavy atom. The highest BCUT2D eigenvalue weighted by atomic mass is 16.5. The van der Waals surface area contributed by atoms with Crippen molar-refractivity contribution in [2.24, 2.45) is 34.5 Å². The molecule has 0 N–H and O–H groups in total. The Bertz CT molecular complexity index is 784. The molecule has 32 heavy (non-hydrogen) atoms. The van der Waals surface area contributed by atoms with E-state index in [0.717, 1.165) is 56.3 Å². The average molecular weight is 442 g/mol. The topological polar surface area (TPSA) is 46.6 Å². The van der Waals surface area contributed by atoms with Crippen LogP contribution in [0.1, 0.15) is 91.4 Å². The molecular weight excluding hydrogens is 398 g/mol. The molecule has 0 radical (unpaired) electrons. The maximum Gasteiger partial charge on any atom is 0.307 e. The predicted octanol–water partition coefficient (Wildman–Crippen LogP) is 5.55. The van der Waals surface area contributed by atoms with Crippen LogP contribution in [0.25, 0.3) is 0 Å². The van der Waals surface area contributed by atoms with Crippen molar-refractivity contribution in [3.63, 3.8) is 0 Å². The summed E-state index contributed by atoms with van der Waals surface area (Å²) >= 11 is 0. The van der Waals surface area contributed by atoms with Crippen LogP contribution in [0.4, 0.5) is 0 Å². The predicted molar refractivity (Wildman–Crippen MR) is 126 cm³/mol. The number of fused-ring (bicyclic) bond motifs is 5. The van der Waals surface area contributed by atoms with Gasteiger partial charge in [-0.1, -0.05) is 19.9 Å². The summed E-state index contributed by atoms with van der Waals surface area (Å²) in [5, 5.41) is 0. The molecular formula is C28H43NO3. The Balaban J connectivity index is 1.20. The van der Waals surface area contributed by atoms with Crippen LogP contribution in [-0.2, 0) is 14.3 Å². The summed E-state index contributed by atoms with van der Waals surface area (Å²) in [6, 6.07) is 0. The van der Waals surface area contributed by atoms with Crippen molar-refractivity contribution in [3.8, 4) is 0 Å². The molecule has 0 unspecified atom stereocenters. The van der Waals surface area contributed by atoms with Gasteiger partial charge in [-0.2, -0.15) is 0 Å². The summed E-state index contributed by atoms with van der Waals surface area (Å²) in [5.74, 6) is 3.16.